The first-order valence-corrected chi connectivity index (χ1v) is 6.20. The molecule has 0 unspecified atom stereocenters. The van der Waals surface area contributed by atoms with Crippen LogP contribution >= 0.6 is 15.9 Å². The number of aromatic nitrogens is 1. The van der Waals surface area contributed by atoms with Gasteiger partial charge in [-0.1, -0.05) is 0 Å². The molecule has 1 aromatic heterocycles. The number of ether oxygens (including phenoxy) is 1. The molecule has 0 aliphatic heterocycles. The van der Waals surface area contributed by atoms with E-state index in [1.165, 1.54) is 6.07 Å². The molecule has 1 aromatic carbocycles. The third-order valence-corrected chi connectivity index (χ3v) is 2.92. The van der Waals surface area contributed by atoms with Crippen LogP contribution < -0.4 is 10.1 Å². The van der Waals surface area contributed by atoms with Crippen LogP contribution in [0.15, 0.2) is 41.1 Å². The molecule has 0 radical (unpaired) electrons. The lowest BCUT2D eigenvalue weighted by Gasteiger charge is -2.07. The molecule has 0 bridgehead atoms. The highest BCUT2D eigenvalue weighted by Gasteiger charge is 2.03. The smallest absolute Gasteiger partial charge is 0.146 e. The molecular weight excluding hydrogens is 299 g/mol. The van der Waals surface area contributed by atoms with Crippen molar-refractivity contribution in [1.82, 2.24) is 10.3 Å². The van der Waals surface area contributed by atoms with E-state index in [1.807, 2.05) is 13.1 Å². The fourth-order valence-electron chi connectivity index (χ4n) is 1.50. The van der Waals surface area contributed by atoms with Gasteiger partial charge in [0.2, 0.25) is 0 Å². The number of benzene rings is 1. The number of rotatable bonds is 4. The standard InChI is InChI=1S/C13H12BrFN2O/c1-16-6-9-4-11(8-17-7-9)18-10-2-3-12(14)13(15)5-10/h2-5,7-8,16H,6H2,1H3. The van der Waals surface area contributed by atoms with Gasteiger partial charge in [0.25, 0.3) is 0 Å². The zero-order valence-electron chi connectivity index (χ0n) is 9.78. The first-order chi connectivity index (χ1) is 8.69. The third kappa shape index (κ3) is 3.27. The first kappa shape index (κ1) is 13.0. The molecule has 0 saturated carbocycles. The van der Waals surface area contributed by atoms with Gasteiger partial charge < -0.3 is 10.1 Å². The van der Waals surface area contributed by atoms with E-state index in [2.05, 4.69) is 26.2 Å². The Balaban J connectivity index is 2.17. The van der Waals surface area contributed by atoms with E-state index in [9.17, 15) is 4.39 Å². The summed E-state index contributed by atoms with van der Waals surface area (Å²) in [7, 11) is 1.86. The largest absolute Gasteiger partial charge is 0.456 e. The molecule has 2 aromatic rings. The topological polar surface area (TPSA) is 34.2 Å². The van der Waals surface area contributed by atoms with Gasteiger partial charge in [0.15, 0.2) is 0 Å². The van der Waals surface area contributed by atoms with Crippen molar-refractivity contribution in [2.45, 2.75) is 6.54 Å². The minimum Gasteiger partial charge on any atom is -0.456 e. The second kappa shape index (κ2) is 5.93. The number of hydrogen-bond acceptors (Lipinski definition) is 3. The fourth-order valence-corrected chi connectivity index (χ4v) is 1.74. The third-order valence-electron chi connectivity index (χ3n) is 2.28. The van der Waals surface area contributed by atoms with Crippen LogP contribution in [-0.2, 0) is 6.54 Å². The maximum Gasteiger partial charge on any atom is 0.146 e. The molecule has 1 heterocycles. The van der Waals surface area contributed by atoms with Crippen LogP contribution in [0.2, 0.25) is 0 Å². The van der Waals surface area contributed by atoms with Gasteiger partial charge in [-0.25, -0.2) is 4.39 Å². The number of nitrogens with zero attached hydrogens (tertiary/aromatic N) is 1. The number of halogens is 2. The Labute approximate surface area is 113 Å². The molecule has 0 saturated heterocycles. The summed E-state index contributed by atoms with van der Waals surface area (Å²) >= 11 is 3.10. The van der Waals surface area contributed by atoms with Crippen molar-refractivity contribution in [3.63, 3.8) is 0 Å². The quantitative estimate of drug-likeness (QED) is 0.938. The van der Waals surface area contributed by atoms with Gasteiger partial charge in [-0.3, -0.25) is 4.98 Å². The lowest BCUT2D eigenvalue weighted by atomic mass is 10.3. The highest BCUT2D eigenvalue weighted by molar-refractivity contribution is 9.10. The van der Waals surface area contributed by atoms with Gasteiger partial charge >= 0.3 is 0 Å². The van der Waals surface area contributed by atoms with Crippen molar-refractivity contribution < 1.29 is 9.13 Å². The minimum atomic E-state index is -0.355. The maximum absolute atomic E-state index is 13.3. The Hall–Kier alpha value is -1.46. The zero-order valence-corrected chi connectivity index (χ0v) is 11.4. The number of nitrogens with one attached hydrogen (secondary N) is 1. The lowest BCUT2D eigenvalue weighted by Crippen LogP contribution is -2.05. The highest BCUT2D eigenvalue weighted by Crippen LogP contribution is 2.25. The first-order valence-electron chi connectivity index (χ1n) is 5.40. The van der Waals surface area contributed by atoms with Crippen LogP contribution in [0.25, 0.3) is 0 Å². The monoisotopic (exact) mass is 310 g/mol. The van der Waals surface area contributed by atoms with Crippen LogP contribution in [0.4, 0.5) is 4.39 Å². The Morgan fingerprint density at radius 2 is 2.11 bits per heavy atom. The molecular formula is C13H12BrFN2O. The molecule has 94 valence electrons. The maximum atomic E-state index is 13.3. The van der Waals surface area contributed by atoms with E-state index >= 15 is 0 Å². The van der Waals surface area contributed by atoms with Crippen LogP contribution in [0, 0.1) is 5.82 Å². The Morgan fingerprint density at radius 1 is 1.28 bits per heavy atom. The summed E-state index contributed by atoms with van der Waals surface area (Å²) in [5.74, 6) is 0.676. The summed E-state index contributed by atoms with van der Waals surface area (Å²) in [4.78, 5) is 4.07. The zero-order chi connectivity index (χ0) is 13.0. The summed E-state index contributed by atoms with van der Waals surface area (Å²) in [6, 6.07) is 6.49. The molecule has 5 heteroatoms. The van der Waals surface area contributed by atoms with Crippen LogP contribution in [0.5, 0.6) is 11.5 Å². The molecule has 0 atom stereocenters. The molecule has 3 nitrogen and oxygen atoms in total. The van der Waals surface area contributed by atoms with Gasteiger partial charge in [-0.15, -0.1) is 0 Å². The van der Waals surface area contributed by atoms with Crippen molar-refractivity contribution in [3.05, 3.63) is 52.5 Å². The summed E-state index contributed by atoms with van der Waals surface area (Å²) < 4.78 is 19.3. The highest BCUT2D eigenvalue weighted by atomic mass is 79.9. The molecule has 0 aliphatic carbocycles. The van der Waals surface area contributed by atoms with Gasteiger partial charge in [-0.05, 0) is 46.7 Å². The van der Waals surface area contributed by atoms with Crippen molar-refractivity contribution >= 4 is 15.9 Å². The van der Waals surface area contributed by atoms with Crippen molar-refractivity contribution in [2.24, 2.45) is 0 Å². The molecule has 0 amide bonds. The Kier molecular flexibility index (Phi) is 4.28. The van der Waals surface area contributed by atoms with Crippen molar-refractivity contribution in [1.29, 1.82) is 0 Å². The normalized spacial score (nSPS) is 10.4. The molecule has 0 spiro atoms. The summed E-state index contributed by atoms with van der Waals surface area (Å²) in [6.45, 7) is 0.707. The van der Waals surface area contributed by atoms with Crippen molar-refractivity contribution in [3.8, 4) is 11.5 Å². The van der Waals surface area contributed by atoms with Crippen LogP contribution in [0.3, 0.4) is 0 Å². The van der Waals surface area contributed by atoms with Gasteiger partial charge in [0.05, 0.1) is 10.7 Å². The SMILES string of the molecule is CNCc1cncc(Oc2ccc(Br)c(F)c2)c1. The Bertz CT molecular complexity index is 548. The summed E-state index contributed by atoms with van der Waals surface area (Å²) in [5.41, 5.74) is 1.01. The lowest BCUT2D eigenvalue weighted by molar-refractivity contribution is 0.473. The van der Waals surface area contributed by atoms with Gasteiger partial charge in [0.1, 0.15) is 17.3 Å². The summed E-state index contributed by atoms with van der Waals surface area (Å²) in [6.07, 6.45) is 3.35. The predicted octanol–water partition coefficient (Wildman–Crippen LogP) is 3.49. The summed E-state index contributed by atoms with van der Waals surface area (Å²) in [5, 5.41) is 3.03. The van der Waals surface area contributed by atoms with E-state index < -0.39 is 0 Å². The molecule has 18 heavy (non-hydrogen) atoms. The second-order valence-corrected chi connectivity index (χ2v) is 4.59. The van der Waals surface area contributed by atoms with E-state index in [0.717, 1.165) is 5.56 Å². The van der Waals surface area contributed by atoms with Crippen LogP contribution in [-0.4, -0.2) is 12.0 Å². The second-order valence-electron chi connectivity index (χ2n) is 3.74. The van der Waals surface area contributed by atoms with E-state index in [4.69, 9.17) is 4.74 Å². The van der Waals surface area contributed by atoms with E-state index in [1.54, 1.807) is 24.5 Å². The van der Waals surface area contributed by atoms with E-state index in [-0.39, 0.29) is 5.82 Å². The van der Waals surface area contributed by atoms with Gasteiger partial charge in [-0.2, -0.15) is 0 Å². The fraction of sp³-hybridized carbons (Fsp3) is 0.154. The van der Waals surface area contributed by atoms with Gasteiger partial charge in [0, 0.05) is 18.8 Å². The average Bonchev–Trinajstić information content (AvgIpc) is 2.35. The molecule has 0 aliphatic rings. The average molecular weight is 311 g/mol. The molecule has 2 rings (SSSR count). The number of pyridine rings is 1. The molecule has 0 fully saturated rings. The number of hydrogen-bond donors (Lipinski definition) is 1. The predicted molar refractivity (Wildman–Crippen MR) is 71.2 cm³/mol. The molecule has 1 N–H and O–H groups in total. The van der Waals surface area contributed by atoms with Crippen molar-refractivity contribution in [2.75, 3.05) is 7.05 Å². The van der Waals surface area contributed by atoms with E-state index in [0.29, 0.717) is 22.5 Å². The Morgan fingerprint density at radius 3 is 2.83 bits per heavy atom. The minimum absolute atomic E-state index is 0.355. The van der Waals surface area contributed by atoms with Crippen LogP contribution in [0.1, 0.15) is 5.56 Å².